The molecule has 0 unspecified atom stereocenters. The number of anilines is 2. The van der Waals surface area contributed by atoms with Crippen molar-refractivity contribution in [3.8, 4) is 0 Å². The lowest BCUT2D eigenvalue weighted by atomic mass is 10.1. The average molecular weight is 530 g/mol. The standard InChI is InChI=1S/C28H23N3O8/c1-17(27(36)38-15-23(32)29-19-8-4-2-5-9-19)31-25(34)21-13-12-18(14-22(21)26(31)35)28(37)39-16-24(33)30-20-10-6-3-7-11-20/h2-14,17H,15-16H2,1H3,(H,29,32)(H,30,33)/t17-/m1/s1. The van der Waals surface area contributed by atoms with E-state index in [2.05, 4.69) is 10.6 Å². The van der Waals surface area contributed by atoms with Crippen LogP contribution in [0.15, 0.2) is 78.9 Å². The monoisotopic (exact) mass is 529 g/mol. The first-order chi connectivity index (χ1) is 18.7. The Balaban J connectivity index is 1.34. The Hall–Kier alpha value is -5.32. The summed E-state index contributed by atoms with van der Waals surface area (Å²) < 4.78 is 10.0. The molecule has 4 amide bonds. The van der Waals surface area contributed by atoms with Crippen molar-refractivity contribution in [1.29, 1.82) is 0 Å². The van der Waals surface area contributed by atoms with E-state index in [1.807, 2.05) is 0 Å². The number of esters is 2. The second kappa shape index (κ2) is 11.8. The van der Waals surface area contributed by atoms with Crippen LogP contribution in [0.25, 0.3) is 0 Å². The Labute approximate surface area is 222 Å². The zero-order chi connectivity index (χ0) is 27.9. The Morgan fingerprint density at radius 3 is 1.79 bits per heavy atom. The van der Waals surface area contributed by atoms with Gasteiger partial charge in [0.05, 0.1) is 16.7 Å². The molecule has 0 saturated heterocycles. The van der Waals surface area contributed by atoms with E-state index in [1.165, 1.54) is 25.1 Å². The van der Waals surface area contributed by atoms with E-state index in [1.54, 1.807) is 60.7 Å². The summed E-state index contributed by atoms with van der Waals surface area (Å²) in [6.45, 7) is 0.110. The molecule has 1 aliphatic rings. The maximum absolute atomic E-state index is 13.0. The number of amides is 4. The molecule has 39 heavy (non-hydrogen) atoms. The first-order valence-corrected chi connectivity index (χ1v) is 11.8. The number of hydrogen-bond donors (Lipinski definition) is 2. The van der Waals surface area contributed by atoms with Crippen molar-refractivity contribution in [2.45, 2.75) is 13.0 Å². The summed E-state index contributed by atoms with van der Waals surface area (Å²) in [4.78, 5) is 75.6. The van der Waals surface area contributed by atoms with Gasteiger partial charge in [-0.25, -0.2) is 9.59 Å². The van der Waals surface area contributed by atoms with E-state index in [9.17, 15) is 28.8 Å². The Morgan fingerprint density at radius 1 is 0.718 bits per heavy atom. The number of para-hydroxylation sites is 2. The summed E-state index contributed by atoms with van der Waals surface area (Å²) in [6.07, 6.45) is 0. The summed E-state index contributed by atoms with van der Waals surface area (Å²) in [7, 11) is 0. The zero-order valence-corrected chi connectivity index (χ0v) is 20.7. The van der Waals surface area contributed by atoms with Gasteiger partial charge in [-0.3, -0.25) is 24.1 Å². The number of hydrogen-bond acceptors (Lipinski definition) is 8. The van der Waals surface area contributed by atoms with Crippen LogP contribution in [0.2, 0.25) is 0 Å². The summed E-state index contributed by atoms with van der Waals surface area (Å²) >= 11 is 0. The van der Waals surface area contributed by atoms with Crippen molar-refractivity contribution in [3.05, 3.63) is 95.6 Å². The number of rotatable bonds is 9. The lowest BCUT2D eigenvalue weighted by Gasteiger charge is -2.20. The molecule has 3 aromatic rings. The summed E-state index contributed by atoms with van der Waals surface area (Å²) in [5, 5.41) is 5.12. The molecular weight excluding hydrogens is 506 g/mol. The number of imide groups is 1. The summed E-state index contributed by atoms with van der Waals surface area (Å²) in [5.41, 5.74) is 0.865. The zero-order valence-electron chi connectivity index (χ0n) is 20.7. The molecule has 0 aromatic heterocycles. The maximum atomic E-state index is 13.0. The van der Waals surface area contributed by atoms with Crippen molar-refractivity contribution >= 4 is 46.9 Å². The second-order valence-corrected chi connectivity index (χ2v) is 8.43. The molecule has 1 aliphatic heterocycles. The van der Waals surface area contributed by atoms with E-state index >= 15 is 0 Å². The molecular formula is C28H23N3O8. The van der Waals surface area contributed by atoms with Crippen LogP contribution in [0.3, 0.4) is 0 Å². The number of benzene rings is 3. The van der Waals surface area contributed by atoms with Crippen LogP contribution in [-0.2, 0) is 23.9 Å². The predicted molar refractivity (Wildman–Crippen MR) is 138 cm³/mol. The first kappa shape index (κ1) is 26.7. The molecule has 0 radical (unpaired) electrons. The minimum Gasteiger partial charge on any atom is -0.454 e. The minimum atomic E-state index is -1.33. The Morgan fingerprint density at radius 2 is 1.23 bits per heavy atom. The van der Waals surface area contributed by atoms with Crippen LogP contribution >= 0.6 is 0 Å². The van der Waals surface area contributed by atoms with Gasteiger partial charge in [-0.15, -0.1) is 0 Å². The highest BCUT2D eigenvalue weighted by molar-refractivity contribution is 6.23. The van der Waals surface area contributed by atoms with E-state index in [0.717, 1.165) is 0 Å². The number of nitrogens with one attached hydrogen (secondary N) is 2. The van der Waals surface area contributed by atoms with Crippen LogP contribution in [-0.4, -0.2) is 59.7 Å². The van der Waals surface area contributed by atoms with Gasteiger partial charge >= 0.3 is 11.9 Å². The smallest absolute Gasteiger partial charge is 0.338 e. The maximum Gasteiger partial charge on any atom is 0.338 e. The molecule has 198 valence electrons. The van der Waals surface area contributed by atoms with Gasteiger partial charge in [0.1, 0.15) is 6.04 Å². The third-order valence-corrected chi connectivity index (χ3v) is 5.68. The fraction of sp³-hybridized carbons (Fsp3) is 0.143. The first-order valence-electron chi connectivity index (χ1n) is 11.8. The van der Waals surface area contributed by atoms with Gasteiger partial charge in [0.25, 0.3) is 23.6 Å². The minimum absolute atomic E-state index is 0.0140. The molecule has 2 N–H and O–H groups in total. The van der Waals surface area contributed by atoms with Crippen LogP contribution < -0.4 is 10.6 Å². The molecule has 0 saturated carbocycles. The van der Waals surface area contributed by atoms with E-state index in [4.69, 9.17) is 9.47 Å². The fourth-order valence-corrected chi connectivity index (χ4v) is 3.75. The van der Waals surface area contributed by atoms with Crippen molar-refractivity contribution in [2.24, 2.45) is 0 Å². The van der Waals surface area contributed by atoms with Gasteiger partial charge in [0.2, 0.25) is 0 Å². The van der Waals surface area contributed by atoms with Crippen molar-refractivity contribution in [2.75, 3.05) is 23.8 Å². The Kier molecular flexibility index (Phi) is 8.10. The molecule has 0 aliphatic carbocycles. The van der Waals surface area contributed by atoms with Crippen LogP contribution in [0.1, 0.15) is 38.0 Å². The van der Waals surface area contributed by atoms with Crippen LogP contribution in [0.5, 0.6) is 0 Å². The van der Waals surface area contributed by atoms with Gasteiger partial charge in [-0.1, -0.05) is 36.4 Å². The highest BCUT2D eigenvalue weighted by Gasteiger charge is 2.42. The van der Waals surface area contributed by atoms with E-state index in [-0.39, 0.29) is 16.7 Å². The fourth-order valence-electron chi connectivity index (χ4n) is 3.75. The van der Waals surface area contributed by atoms with Gasteiger partial charge in [-0.05, 0) is 49.4 Å². The quantitative estimate of drug-likeness (QED) is 0.318. The highest BCUT2D eigenvalue weighted by atomic mass is 16.5. The van der Waals surface area contributed by atoms with Gasteiger partial charge < -0.3 is 20.1 Å². The van der Waals surface area contributed by atoms with Gasteiger partial charge in [0.15, 0.2) is 13.2 Å². The largest absolute Gasteiger partial charge is 0.454 e. The van der Waals surface area contributed by atoms with Gasteiger partial charge in [0, 0.05) is 11.4 Å². The van der Waals surface area contributed by atoms with E-state index < -0.39 is 54.8 Å². The Bertz CT molecular complexity index is 1440. The van der Waals surface area contributed by atoms with Crippen molar-refractivity contribution in [3.63, 3.8) is 0 Å². The number of nitrogens with zero attached hydrogens (tertiary/aromatic N) is 1. The van der Waals surface area contributed by atoms with Crippen LogP contribution in [0, 0.1) is 0 Å². The van der Waals surface area contributed by atoms with Gasteiger partial charge in [-0.2, -0.15) is 0 Å². The van der Waals surface area contributed by atoms with Crippen molar-refractivity contribution in [1.82, 2.24) is 4.90 Å². The third-order valence-electron chi connectivity index (χ3n) is 5.68. The third kappa shape index (κ3) is 6.34. The predicted octanol–water partition coefficient (Wildman–Crippen LogP) is 2.65. The SMILES string of the molecule is C[C@H](C(=O)OCC(=O)Nc1ccccc1)N1C(=O)c2ccc(C(=O)OCC(=O)Nc3ccccc3)cc2C1=O. The highest BCUT2D eigenvalue weighted by Crippen LogP contribution is 2.26. The molecule has 3 aromatic carbocycles. The topological polar surface area (TPSA) is 148 Å². The van der Waals surface area contributed by atoms with Crippen molar-refractivity contribution < 1.29 is 38.2 Å². The number of ether oxygens (including phenoxy) is 2. The molecule has 1 heterocycles. The van der Waals surface area contributed by atoms with Crippen LogP contribution in [0.4, 0.5) is 11.4 Å². The lowest BCUT2D eigenvalue weighted by molar-refractivity contribution is -0.150. The molecule has 4 rings (SSSR count). The molecule has 1 atom stereocenters. The number of carbonyl (C=O) groups excluding carboxylic acids is 6. The number of carbonyl (C=O) groups is 6. The number of fused-ring (bicyclic) bond motifs is 1. The van der Waals surface area contributed by atoms with E-state index in [0.29, 0.717) is 16.3 Å². The molecule has 0 bridgehead atoms. The lowest BCUT2D eigenvalue weighted by Crippen LogP contribution is -2.44. The molecule has 11 nitrogen and oxygen atoms in total. The second-order valence-electron chi connectivity index (χ2n) is 8.43. The summed E-state index contributed by atoms with van der Waals surface area (Å²) in [6, 6.07) is 19.5. The molecule has 0 spiro atoms. The normalized spacial score (nSPS) is 12.8. The molecule has 11 heteroatoms. The molecule has 0 fully saturated rings. The average Bonchev–Trinajstić information content (AvgIpc) is 3.19. The summed E-state index contributed by atoms with van der Waals surface area (Å²) in [5.74, 6) is -4.56.